The highest BCUT2D eigenvalue weighted by molar-refractivity contribution is 7.12. The van der Waals surface area contributed by atoms with Crippen molar-refractivity contribution in [3.05, 3.63) is 16.3 Å². The molecule has 5 heteroatoms. The third-order valence-electron chi connectivity index (χ3n) is 3.12. The lowest BCUT2D eigenvalue weighted by Gasteiger charge is -2.10. The second-order valence-corrected chi connectivity index (χ2v) is 5.28. The van der Waals surface area contributed by atoms with Crippen LogP contribution in [-0.2, 0) is 0 Å². The van der Waals surface area contributed by atoms with Gasteiger partial charge in [0.1, 0.15) is 10.6 Å². The SMILES string of the molecule is COc1ccsc1C(=O)NCC1CCC(O)C1. The maximum absolute atomic E-state index is 11.9. The zero-order chi connectivity index (χ0) is 12.3. The Bertz CT molecular complexity index is 391. The molecular formula is C12H17NO3S. The van der Waals surface area contributed by atoms with E-state index in [0.29, 0.717) is 23.1 Å². The topological polar surface area (TPSA) is 58.6 Å². The molecule has 0 aliphatic heterocycles. The van der Waals surface area contributed by atoms with Crippen LogP contribution >= 0.6 is 11.3 Å². The summed E-state index contributed by atoms with van der Waals surface area (Å²) < 4.78 is 5.10. The molecule has 2 N–H and O–H groups in total. The zero-order valence-corrected chi connectivity index (χ0v) is 10.6. The van der Waals surface area contributed by atoms with Crippen LogP contribution in [0.4, 0.5) is 0 Å². The maximum Gasteiger partial charge on any atom is 0.265 e. The van der Waals surface area contributed by atoms with Crippen molar-refractivity contribution in [1.29, 1.82) is 0 Å². The Morgan fingerprint density at radius 1 is 1.65 bits per heavy atom. The van der Waals surface area contributed by atoms with Crippen LogP contribution in [0.2, 0.25) is 0 Å². The predicted molar refractivity (Wildman–Crippen MR) is 66.6 cm³/mol. The summed E-state index contributed by atoms with van der Waals surface area (Å²) in [5.41, 5.74) is 0. The van der Waals surface area contributed by atoms with Gasteiger partial charge < -0.3 is 15.2 Å². The lowest BCUT2D eigenvalue weighted by atomic mass is 10.1. The Morgan fingerprint density at radius 2 is 2.47 bits per heavy atom. The van der Waals surface area contributed by atoms with E-state index in [4.69, 9.17) is 4.74 Å². The van der Waals surface area contributed by atoms with Crippen molar-refractivity contribution in [2.24, 2.45) is 5.92 Å². The summed E-state index contributed by atoms with van der Waals surface area (Å²) in [7, 11) is 1.56. The van der Waals surface area contributed by atoms with Gasteiger partial charge in [-0.05, 0) is 36.6 Å². The lowest BCUT2D eigenvalue weighted by Crippen LogP contribution is -2.28. The molecule has 94 valence electrons. The third kappa shape index (κ3) is 2.98. The third-order valence-corrected chi connectivity index (χ3v) is 4.01. The molecule has 1 aliphatic carbocycles. The van der Waals surface area contributed by atoms with Gasteiger partial charge in [0.25, 0.3) is 5.91 Å². The molecule has 0 spiro atoms. The number of hydrogen-bond acceptors (Lipinski definition) is 4. The van der Waals surface area contributed by atoms with E-state index < -0.39 is 0 Å². The molecule has 1 amide bonds. The van der Waals surface area contributed by atoms with Crippen molar-refractivity contribution in [3.63, 3.8) is 0 Å². The lowest BCUT2D eigenvalue weighted by molar-refractivity contribution is 0.0946. The fourth-order valence-corrected chi connectivity index (χ4v) is 2.95. The first kappa shape index (κ1) is 12.4. The average molecular weight is 255 g/mol. The number of aliphatic hydroxyl groups excluding tert-OH is 1. The first-order valence-corrected chi connectivity index (χ1v) is 6.66. The first-order chi connectivity index (χ1) is 8.20. The van der Waals surface area contributed by atoms with Crippen molar-refractivity contribution >= 4 is 17.2 Å². The molecule has 1 aromatic rings. The van der Waals surface area contributed by atoms with E-state index >= 15 is 0 Å². The van der Waals surface area contributed by atoms with E-state index in [1.807, 2.05) is 5.38 Å². The first-order valence-electron chi connectivity index (χ1n) is 5.78. The number of carbonyl (C=O) groups is 1. The van der Waals surface area contributed by atoms with Crippen LogP contribution in [0.25, 0.3) is 0 Å². The van der Waals surface area contributed by atoms with E-state index in [1.54, 1.807) is 13.2 Å². The smallest absolute Gasteiger partial charge is 0.265 e. The number of hydrogen-bond donors (Lipinski definition) is 2. The number of methoxy groups -OCH3 is 1. The van der Waals surface area contributed by atoms with Gasteiger partial charge in [-0.3, -0.25) is 4.79 Å². The summed E-state index contributed by atoms with van der Waals surface area (Å²) in [6.07, 6.45) is 2.45. The highest BCUT2D eigenvalue weighted by Gasteiger charge is 2.23. The van der Waals surface area contributed by atoms with Crippen LogP contribution in [0.1, 0.15) is 28.9 Å². The molecule has 2 rings (SSSR count). The molecule has 1 aromatic heterocycles. The molecule has 0 radical (unpaired) electrons. The minimum Gasteiger partial charge on any atom is -0.495 e. The second kappa shape index (κ2) is 5.51. The fourth-order valence-electron chi connectivity index (χ4n) is 2.18. The molecule has 4 nitrogen and oxygen atoms in total. The van der Waals surface area contributed by atoms with Crippen LogP contribution in [-0.4, -0.2) is 30.8 Å². The van der Waals surface area contributed by atoms with Crippen molar-refractivity contribution in [2.75, 3.05) is 13.7 Å². The minimum absolute atomic E-state index is 0.0850. The fraction of sp³-hybridized carbons (Fsp3) is 0.583. The summed E-state index contributed by atoms with van der Waals surface area (Å²) >= 11 is 1.38. The Labute approximate surface area is 105 Å². The number of amides is 1. The van der Waals surface area contributed by atoms with Crippen molar-refractivity contribution in [1.82, 2.24) is 5.32 Å². The van der Waals surface area contributed by atoms with Crippen molar-refractivity contribution < 1.29 is 14.6 Å². The minimum atomic E-state index is -0.187. The van der Waals surface area contributed by atoms with Crippen LogP contribution in [0.15, 0.2) is 11.4 Å². The Kier molecular flexibility index (Phi) is 4.02. The Hall–Kier alpha value is -1.07. The van der Waals surface area contributed by atoms with Crippen molar-refractivity contribution in [2.45, 2.75) is 25.4 Å². The molecule has 1 fully saturated rings. The number of aliphatic hydroxyl groups is 1. The van der Waals surface area contributed by atoms with Crippen LogP contribution in [0, 0.1) is 5.92 Å². The quantitative estimate of drug-likeness (QED) is 0.860. The normalized spacial score (nSPS) is 23.6. The van der Waals surface area contributed by atoms with Gasteiger partial charge in [0, 0.05) is 6.54 Å². The number of carbonyl (C=O) groups excluding carboxylic acids is 1. The molecular weight excluding hydrogens is 238 g/mol. The molecule has 0 aromatic carbocycles. The van der Waals surface area contributed by atoms with Gasteiger partial charge >= 0.3 is 0 Å². The van der Waals surface area contributed by atoms with Gasteiger partial charge in [-0.15, -0.1) is 11.3 Å². The maximum atomic E-state index is 11.9. The second-order valence-electron chi connectivity index (χ2n) is 4.36. The average Bonchev–Trinajstić information content (AvgIpc) is 2.94. The van der Waals surface area contributed by atoms with E-state index in [2.05, 4.69) is 5.32 Å². The Morgan fingerprint density at radius 3 is 3.12 bits per heavy atom. The molecule has 0 saturated heterocycles. The molecule has 1 aliphatic rings. The molecule has 0 bridgehead atoms. The van der Waals surface area contributed by atoms with E-state index in [0.717, 1.165) is 19.3 Å². The van der Waals surface area contributed by atoms with Gasteiger partial charge in [-0.25, -0.2) is 0 Å². The molecule has 1 heterocycles. The summed E-state index contributed by atoms with van der Waals surface area (Å²) in [6.45, 7) is 0.636. The van der Waals surface area contributed by atoms with Crippen molar-refractivity contribution in [3.8, 4) is 5.75 Å². The molecule has 2 atom stereocenters. The van der Waals surface area contributed by atoms with Gasteiger partial charge in [-0.2, -0.15) is 0 Å². The van der Waals surface area contributed by atoms with Gasteiger partial charge in [0.2, 0.25) is 0 Å². The van der Waals surface area contributed by atoms with Gasteiger partial charge in [0.15, 0.2) is 0 Å². The number of thiophene rings is 1. The standard InChI is InChI=1S/C12H17NO3S/c1-16-10-4-5-17-11(10)12(15)13-7-8-2-3-9(14)6-8/h4-5,8-9,14H,2-3,6-7H2,1H3,(H,13,15). The van der Waals surface area contributed by atoms with E-state index in [9.17, 15) is 9.90 Å². The predicted octanol–water partition coefficient (Wildman–Crippen LogP) is 1.65. The van der Waals surface area contributed by atoms with E-state index in [1.165, 1.54) is 11.3 Å². The summed E-state index contributed by atoms with van der Waals surface area (Å²) in [4.78, 5) is 12.5. The largest absolute Gasteiger partial charge is 0.495 e. The molecule has 1 saturated carbocycles. The monoisotopic (exact) mass is 255 g/mol. The summed E-state index contributed by atoms with van der Waals surface area (Å²) in [5, 5.41) is 14.1. The number of rotatable bonds is 4. The van der Waals surface area contributed by atoms with Gasteiger partial charge in [0.05, 0.1) is 13.2 Å². The van der Waals surface area contributed by atoms with Crippen LogP contribution in [0.5, 0.6) is 5.75 Å². The molecule has 2 unspecified atom stereocenters. The summed E-state index contributed by atoms with van der Waals surface area (Å²) in [6, 6.07) is 1.79. The zero-order valence-electron chi connectivity index (χ0n) is 9.81. The van der Waals surface area contributed by atoms with Crippen LogP contribution in [0.3, 0.4) is 0 Å². The Balaban J connectivity index is 1.85. The highest BCUT2D eigenvalue weighted by Crippen LogP contribution is 2.26. The van der Waals surface area contributed by atoms with Crippen LogP contribution < -0.4 is 10.1 Å². The molecule has 17 heavy (non-hydrogen) atoms. The summed E-state index contributed by atoms with van der Waals surface area (Å²) in [5.74, 6) is 0.942. The van der Waals surface area contributed by atoms with Gasteiger partial charge in [-0.1, -0.05) is 0 Å². The highest BCUT2D eigenvalue weighted by atomic mass is 32.1. The number of nitrogens with one attached hydrogen (secondary N) is 1. The number of ether oxygens (including phenoxy) is 1. The van der Waals surface area contributed by atoms with E-state index in [-0.39, 0.29) is 12.0 Å².